The van der Waals surface area contributed by atoms with E-state index in [2.05, 4.69) is 39.5 Å². The Morgan fingerprint density at radius 2 is 2.00 bits per heavy atom. The predicted octanol–water partition coefficient (Wildman–Crippen LogP) is 3.79. The first-order chi connectivity index (χ1) is 12.2. The summed E-state index contributed by atoms with van der Waals surface area (Å²) in [4.78, 5) is 6.61. The molecule has 1 unspecified atom stereocenters. The lowest BCUT2D eigenvalue weighted by Gasteiger charge is -2.22. The molecule has 3 rings (SSSR count). The van der Waals surface area contributed by atoms with Crippen LogP contribution in [0.1, 0.15) is 17.5 Å². The highest BCUT2D eigenvalue weighted by atomic mass is 127. The van der Waals surface area contributed by atoms with Crippen LogP contribution >= 0.6 is 24.0 Å². The zero-order valence-electron chi connectivity index (χ0n) is 14.9. The summed E-state index contributed by atoms with van der Waals surface area (Å²) >= 11 is 0. The first-order valence-electron chi connectivity index (χ1n) is 8.62. The number of phenolic OH excluding ortho intramolecular Hbond substituents is 1. The normalized spacial score (nSPS) is 17.1. The van der Waals surface area contributed by atoms with Gasteiger partial charge >= 0.3 is 0 Å². The molecule has 140 valence electrons. The number of guanidine groups is 1. The summed E-state index contributed by atoms with van der Waals surface area (Å²) in [6, 6.07) is 15.0. The van der Waals surface area contributed by atoms with E-state index in [9.17, 15) is 9.50 Å². The SMILES string of the molecule is CN=C(NCc1ccc(O)c(F)c1)N1CCC(Cc2ccccc2)C1.I. The van der Waals surface area contributed by atoms with Gasteiger partial charge in [-0.05, 0) is 42.0 Å². The molecule has 1 aliphatic heterocycles. The molecule has 2 aromatic rings. The smallest absolute Gasteiger partial charge is 0.193 e. The fraction of sp³-hybridized carbons (Fsp3) is 0.350. The average Bonchev–Trinajstić information content (AvgIpc) is 3.08. The number of hydrogen-bond acceptors (Lipinski definition) is 2. The molecular weight excluding hydrogens is 444 g/mol. The number of halogens is 2. The monoisotopic (exact) mass is 469 g/mol. The first kappa shape index (κ1) is 20.5. The number of hydrogen-bond donors (Lipinski definition) is 2. The third kappa shape index (κ3) is 5.33. The van der Waals surface area contributed by atoms with Crippen LogP contribution in [-0.2, 0) is 13.0 Å². The molecule has 0 aliphatic carbocycles. The number of aliphatic imine (C=N–C) groups is 1. The Kier molecular flexibility index (Phi) is 7.68. The van der Waals surface area contributed by atoms with Crippen molar-refractivity contribution in [2.75, 3.05) is 20.1 Å². The van der Waals surface area contributed by atoms with Gasteiger partial charge in [0.2, 0.25) is 0 Å². The summed E-state index contributed by atoms with van der Waals surface area (Å²) in [5.41, 5.74) is 2.15. The number of nitrogens with one attached hydrogen (secondary N) is 1. The lowest BCUT2D eigenvalue weighted by atomic mass is 9.99. The summed E-state index contributed by atoms with van der Waals surface area (Å²) < 4.78 is 13.4. The molecule has 0 bridgehead atoms. The van der Waals surface area contributed by atoms with Crippen LogP contribution in [0.5, 0.6) is 5.75 Å². The second-order valence-electron chi connectivity index (χ2n) is 6.48. The topological polar surface area (TPSA) is 47.9 Å². The molecule has 1 heterocycles. The molecule has 0 spiro atoms. The Morgan fingerprint density at radius 1 is 1.23 bits per heavy atom. The van der Waals surface area contributed by atoms with E-state index in [4.69, 9.17) is 0 Å². The van der Waals surface area contributed by atoms with Gasteiger partial charge in [0.15, 0.2) is 17.5 Å². The summed E-state index contributed by atoms with van der Waals surface area (Å²) in [7, 11) is 1.77. The van der Waals surface area contributed by atoms with Crippen LogP contribution in [0.25, 0.3) is 0 Å². The number of likely N-dealkylation sites (tertiary alicyclic amines) is 1. The summed E-state index contributed by atoms with van der Waals surface area (Å²) in [6.45, 7) is 2.42. The van der Waals surface area contributed by atoms with E-state index in [1.165, 1.54) is 17.7 Å². The minimum Gasteiger partial charge on any atom is -0.505 e. The zero-order chi connectivity index (χ0) is 17.6. The number of benzene rings is 2. The van der Waals surface area contributed by atoms with E-state index in [1.54, 1.807) is 13.1 Å². The molecule has 26 heavy (non-hydrogen) atoms. The molecule has 2 N–H and O–H groups in total. The van der Waals surface area contributed by atoms with Crippen LogP contribution in [-0.4, -0.2) is 36.1 Å². The molecule has 1 atom stereocenters. The van der Waals surface area contributed by atoms with E-state index in [1.807, 2.05) is 6.07 Å². The van der Waals surface area contributed by atoms with Crippen molar-refractivity contribution < 1.29 is 9.50 Å². The molecule has 2 aromatic carbocycles. The van der Waals surface area contributed by atoms with E-state index in [0.29, 0.717) is 12.5 Å². The van der Waals surface area contributed by atoms with Crippen molar-refractivity contribution in [2.45, 2.75) is 19.4 Å². The van der Waals surface area contributed by atoms with E-state index < -0.39 is 5.82 Å². The Bertz CT molecular complexity index is 739. The van der Waals surface area contributed by atoms with Gasteiger partial charge in [-0.2, -0.15) is 0 Å². The van der Waals surface area contributed by atoms with Crippen molar-refractivity contribution in [1.82, 2.24) is 10.2 Å². The minimum absolute atomic E-state index is 0. The van der Waals surface area contributed by atoms with Crippen LogP contribution in [0.4, 0.5) is 4.39 Å². The number of rotatable bonds is 4. The maximum absolute atomic E-state index is 13.4. The van der Waals surface area contributed by atoms with Crippen LogP contribution in [0.15, 0.2) is 53.5 Å². The maximum Gasteiger partial charge on any atom is 0.193 e. The summed E-state index contributed by atoms with van der Waals surface area (Å²) in [5, 5.41) is 12.5. The zero-order valence-corrected chi connectivity index (χ0v) is 17.2. The average molecular weight is 469 g/mol. The fourth-order valence-electron chi connectivity index (χ4n) is 3.31. The molecule has 0 saturated carbocycles. The van der Waals surface area contributed by atoms with Gasteiger partial charge in [0.05, 0.1) is 0 Å². The van der Waals surface area contributed by atoms with E-state index in [0.717, 1.165) is 37.5 Å². The summed E-state index contributed by atoms with van der Waals surface area (Å²) in [5.74, 6) is 0.533. The summed E-state index contributed by atoms with van der Waals surface area (Å²) in [6.07, 6.45) is 2.22. The van der Waals surface area contributed by atoms with Crippen molar-refractivity contribution in [3.8, 4) is 5.75 Å². The van der Waals surface area contributed by atoms with Gasteiger partial charge < -0.3 is 15.3 Å². The largest absolute Gasteiger partial charge is 0.505 e. The second-order valence-corrected chi connectivity index (χ2v) is 6.48. The van der Waals surface area contributed by atoms with Crippen molar-refractivity contribution in [3.63, 3.8) is 0 Å². The second kappa shape index (κ2) is 9.75. The predicted molar refractivity (Wildman–Crippen MR) is 114 cm³/mol. The highest BCUT2D eigenvalue weighted by Gasteiger charge is 2.24. The highest BCUT2D eigenvalue weighted by molar-refractivity contribution is 14.0. The van der Waals surface area contributed by atoms with E-state index in [-0.39, 0.29) is 29.7 Å². The van der Waals surface area contributed by atoms with Crippen LogP contribution in [0.2, 0.25) is 0 Å². The molecule has 0 aromatic heterocycles. The van der Waals surface area contributed by atoms with Gasteiger partial charge in [0, 0.05) is 26.7 Å². The molecule has 6 heteroatoms. The highest BCUT2D eigenvalue weighted by Crippen LogP contribution is 2.21. The van der Waals surface area contributed by atoms with Crippen molar-refractivity contribution in [1.29, 1.82) is 0 Å². The molecule has 0 radical (unpaired) electrons. The minimum atomic E-state index is -0.599. The Balaban J connectivity index is 0.00000243. The van der Waals surface area contributed by atoms with Gasteiger partial charge in [-0.1, -0.05) is 36.4 Å². The van der Waals surface area contributed by atoms with Gasteiger partial charge in [0.1, 0.15) is 0 Å². The Hall–Kier alpha value is -1.83. The molecule has 1 aliphatic rings. The first-order valence-corrected chi connectivity index (χ1v) is 8.62. The Labute approximate surface area is 171 Å². The molecule has 1 saturated heterocycles. The Morgan fingerprint density at radius 3 is 2.69 bits per heavy atom. The number of aromatic hydroxyl groups is 1. The van der Waals surface area contributed by atoms with Crippen molar-refractivity contribution in [2.24, 2.45) is 10.9 Å². The number of phenols is 1. The molecule has 0 amide bonds. The molecular formula is C20H25FIN3O. The lowest BCUT2D eigenvalue weighted by molar-refractivity contribution is 0.431. The van der Waals surface area contributed by atoms with Gasteiger partial charge in [-0.25, -0.2) is 4.39 Å². The molecule has 1 fully saturated rings. The standard InChI is InChI=1S/C20H24FN3O.HI/c1-22-20(23-13-16-7-8-19(25)18(21)12-16)24-10-9-17(14-24)11-15-5-3-2-4-6-15;/h2-8,12,17,25H,9-11,13-14H2,1H3,(H,22,23);1H. The van der Waals surface area contributed by atoms with Crippen LogP contribution < -0.4 is 5.32 Å². The number of nitrogens with zero attached hydrogens (tertiary/aromatic N) is 2. The molecule has 4 nitrogen and oxygen atoms in total. The van der Waals surface area contributed by atoms with Gasteiger partial charge in [-0.15, -0.1) is 24.0 Å². The van der Waals surface area contributed by atoms with Gasteiger partial charge in [0.25, 0.3) is 0 Å². The van der Waals surface area contributed by atoms with Crippen molar-refractivity contribution >= 4 is 29.9 Å². The van der Waals surface area contributed by atoms with Crippen molar-refractivity contribution in [3.05, 3.63) is 65.5 Å². The third-order valence-corrected chi connectivity index (χ3v) is 4.63. The van der Waals surface area contributed by atoms with Crippen LogP contribution in [0.3, 0.4) is 0 Å². The van der Waals surface area contributed by atoms with E-state index >= 15 is 0 Å². The quantitative estimate of drug-likeness (QED) is 0.407. The van der Waals surface area contributed by atoms with Gasteiger partial charge in [-0.3, -0.25) is 4.99 Å². The van der Waals surface area contributed by atoms with Crippen LogP contribution in [0, 0.1) is 11.7 Å². The third-order valence-electron chi connectivity index (χ3n) is 4.63. The fourth-order valence-corrected chi connectivity index (χ4v) is 3.31. The maximum atomic E-state index is 13.4. The lowest BCUT2D eigenvalue weighted by Crippen LogP contribution is -2.39.